The Kier molecular flexibility index (Phi) is 59.7. The molecule has 0 fully saturated rings. The number of aliphatic hydroxyl groups is 1. The minimum atomic E-state index is -4.96. The molecule has 0 aliphatic heterocycles. The van der Waals surface area contributed by atoms with Crippen LogP contribution in [-0.2, 0) is 65.4 Å². The minimum Gasteiger partial charge on any atom is -0.462 e. The molecular formula is C71H134O17P2. The van der Waals surface area contributed by atoms with Crippen molar-refractivity contribution < 1.29 is 80.2 Å². The van der Waals surface area contributed by atoms with E-state index in [1.54, 1.807) is 0 Å². The SMILES string of the molecule is CCCCCC/C=C\C=C/CCCCCCCC(=O)OC[C@H](COP(=O)(O)OCC(O)COP(=O)(O)OC[C@@H](COC(=O)CCCCCCCCCC(C)C)OC(=O)CCCCCCCCC(C)CC)OC(=O)CCCCCCCCCCCCCCC(C)C. The van der Waals surface area contributed by atoms with E-state index in [2.05, 4.69) is 72.8 Å². The highest BCUT2D eigenvalue weighted by molar-refractivity contribution is 7.47. The van der Waals surface area contributed by atoms with Crippen LogP contribution >= 0.6 is 15.6 Å². The van der Waals surface area contributed by atoms with Crippen molar-refractivity contribution in [2.45, 2.75) is 349 Å². The normalized spacial score (nSPS) is 14.7. The number of ether oxygens (including phenoxy) is 4. The summed E-state index contributed by atoms with van der Waals surface area (Å²) in [6.45, 7) is 11.7. The molecule has 530 valence electrons. The molecule has 0 amide bonds. The number of phosphoric acid groups is 2. The number of aliphatic hydroxyl groups excluding tert-OH is 1. The lowest BCUT2D eigenvalue weighted by atomic mass is 10.00. The topological polar surface area (TPSA) is 237 Å². The molecule has 0 rings (SSSR count). The lowest BCUT2D eigenvalue weighted by molar-refractivity contribution is -0.161. The maximum absolute atomic E-state index is 13.0. The van der Waals surface area contributed by atoms with Gasteiger partial charge in [-0.3, -0.25) is 37.3 Å². The number of esters is 4. The van der Waals surface area contributed by atoms with Gasteiger partial charge in [-0.2, -0.15) is 0 Å². The molecule has 4 unspecified atom stereocenters. The van der Waals surface area contributed by atoms with E-state index in [1.807, 2.05) is 0 Å². The van der Waals surface area contributed by atoms with Crippen molar-refractivity contribution in [1.82, 2.24) is 0 Å². The predicted octanol–water partition coefficient (Wildman–Crippen LogP) is 19.8. The fourth-order valence-electron chi connectivity index (χ4n) is 10.1. The predicted molar refractivity (Wildman–Crippen MR) is 363 cm³/mol. The molecule has 0 aromatic heterocycles. The number of hydrogen-bond acceptors (Lipinski definition) is 15. The summed E-state index contributed by atoms with van der Waals surface area (Å²) >= 11 is 0. The zero-order valence-corrected chi connectivity index (χ0v) is 59.9. The van der Waals surface area contributed by atoms with E-state index in [0.29, 0.717) is 31.6 Å². The lowest BCUT2D eigenvalue weighted by Crippen LogP contribution is -2.30. The maximum atomic E-state index is 13.0. The van der Waals surface area contributed by atoms with Crippen molar-refractivity contribution in [3.05, 3.63) is 24.3 Å². The smallest absolute Gasteiger partial charge is 0.462 e. The van der Waals surface area contributed by atoms with Crippen LogP contribution in [0.1, 0.15) is 331 Å². The summed E-state index contributed by atoms with van der Waals surface area (Å²) in [7, 11) is -9.91. The van der Waals surface area contributed by atoms with Gasteiger partial charge in [0, 0.05) is 25.7 Å². The molecule has 0 aliphatic carbocycles. The first-order chi connectivity index (χ1) is 43.3. The molecule has 90 heavy (non-hydrogen) atoms. The molecular weight excluding hydrogens is 1190 g/mol. The highest BCUT2D eigenvalue weighted by Gasteiger charge is 2.30. The highest BCUT2D eigenvalue weighted by atomic mass is 31.2. The van der Waals surface area contributed by atoms with Crippen LogP contribution in [-0.4, -0.2) is 96.7 Å². The van der Waals surface area contributed by atoms with Gasteiger partial charge >= 0.3 is 39.5 Å². The molecule has 0 saturated carbocycles. The number of allylic oxidation sites excluding steroid dienone is 4. The molecule has 0 radical (unpaired) electrons. The average Bonchev–Trinajstić information content (AvgIpc) is 3.61. The van der Waals surface area contributed by atoms with E-state index < -0.39 is 97.5 Å². The van der Waals surface area contributed by atoms with E-state index in [1.165, 1.54) is 116 Å². The van der Waals surface area contributed by atoms with Crippen LogP contribution in [0.15, 0.2) is 24.3 Å². The van der Waals surface area contributed by atoms with Gasteiger partial charge in [0.25, 0.3) is 0 Å². The van der Waals surface area contributed by atoms with Crippen molar-refractivity contribution in [1.29, 1.82) is 0 Å². The van der Waals surface area contributed by atoms with Gasteiger partial charge in [-0.25, -0.2) is 9.13 Å². The van der Waals surface area contributed by atoms with Crippen molar-refractivity contribution in [2.24, 2.45) is 17.8 Å². The monoisotopic (exact) mass is 1320 g/mol. The Bertz CT molecular complexity index is 1860. The van der Waals surface area contributed by atoms with E-state index in [-0.39, 0.29) is 25.7 Å². The van der Waals surface area contributed by atoms with Gasteiger partial charge in [0.1, 0.15) is 19.3 Å². The third-order valence-electron chi connectivity index (χ3n) is 16.1. The second kappa shape index (κ2) is 61.4. The van der Waals surface area contributed by atoms with Gasteiger partial charge in [0.2, 0.25) is 0 Å². The van der Waals surface area contributed by atoms with Gasteiger partial charge in [-0.05, 0) is 69.1 Å². The first-order valence-electron chi connectivity index (χ1n) is 36.2. The molecule has 0 spiro atoms. The largest absolute Gasteiger partial charge is 0.472 e. The first-order valence-corrected chi connectivity index (χ1v) is 39.2. The highest BCUT2D eigenvalue weighted by Crippen LogP contribution is 2.45. The molecule has 0 aromatic carbocycles. The van der Waals surface area contributed by atoms with Crippen molar-refractivity contribution in [3.63, 3.8) is 0 Å². The molecule has 3 N–H and O–H groups in total. The number of carbonyl (C=O) groups excluding carboxylic acids is 4. The van der Waals surface area contributed by atoms with Crippen LogP contribution in [0.25, 0.3) is 0 Å². The van der Waals surface area contributed by atoms with Crippen LogP contribution in [0.4, 0.5) is 0 Å². The molecule has 0 aromatic rings. The van der Waals surface area contributed by atoms with Crippen LogP contribution < -0.4 is 0 Å². The second-order valence-corrected chi connectivity index (χ2v) is 29.0. The summed E-state index contributed by atoms with van der Waals surface area (Å²) < 4.78 is 68.2. The Hall–Kier alpha value is -2.46. The summed E-state index contributed by atoms with van der Waals surface area (Å²) in [6, 6.07) is 0. The summed E-state index contributed by atoms with van der Waals surface area (Å²) in [5.41, 5.74) is 0. The molecule has 6 atom stereocenters. The summed E-state index contributed by atoms with van der Waals surface area (Å²) in [5.74, 6) is 0.0367. The number of phosphoric ester groups is 2. The molecule has 0 aliphatic rings. The van der Waals surface area contributed by atoms with Crippen LogP contribution in [0.5, 0.6) is 0 Å². The summed E-state index contributed by atoms with van der Waals surface area (Å²) in [5, 5.41) is 10.6. The summed E-state index contributed by atoms with van der Waals surface area (Å²) in [4.78, 5) is 72.5. The van der Waals surface area contributed by atoms with E-state index >= 15 is 0 Å². The lowest BCUT2D eigenvalue weighted by Gasteiger charge is -2.21. The second-order valence-electron chi connectivity index (χ2n) is 26.1. The third kappa shape index (κ3) is 63.0. The third-order valence-corrected chi connectivity index (χ3v) is 18.0. The van der Waals surface area contributed by atoms with Gasteiger partial charge in [-0.1, -0.05) is 278 Å². The number of hydrogen-bond donors (Lipinski definition) is 3. The molecule has 19 heteroatoms. The number of rotatable bonds is 67. The Morgan fingerprint density at radius 2 is 0.656 bits per heavy atom. The fraction of sp³-hybridized carbons (Fsp3) is 0.887. The Balaban J connectivity index is 5.29. The first kappa shape index (κ1) is 87.5. The molecule has 0 bridgehead atoms. The zero-order chi connectivity index (χ0) is 66.6. The maximum Gasteiger partial charge on any atom is 0.472 e. The molecule has 0 heterocycles. The van der Waals surface area contributed by atoms with Crippen molar-refractivity contribution in [3.8, 4) is 0 Å². The standard InChI is InChI=1S/C71H134O17P2/c1-8-10-11-12-13-14-15-16-17-18-22-25-30-38-45-52-68(73)81-58-66(87-70(75)54-47-40-31-26-23-20-19-21-24-28-35-42-49-62(3)4)60-85-89(77,78)83-56-65(72)57-84-90(79,80)86-61-67(88-71(76)55-48-41-34-33-37-44-51-64(7)9-2)59-82-69(74)53-46-39-32-27-29-36-43-50-63(5)6/h14-17,62-67,72H,8-13,18-61H2,1-7H3,(H,77,78)(H,79,80)/b15-14-,17-16-/t64?,65?,66-,67-/m1/s1. The van der Waals surface area contributed by atoms with Crippen LogP contribution in [0.3, 0.4) is 0 Å². The molecule has 0 saturated heterocycles. The Labute approximate surface area is 548 Å². The van der Waals surface area contributed by atoms with Crippen LogP contribution in [0.2, 0.25) is 0 Å². The van der Waals surface area contributed by atoms with Crippen LogP contribution in [0, 0.1) is 17.8 Å². The van der Waals surface area contributed by atoms with E-state index in [0.717, 1.165) is 127 Å². The molecule has 17 nitrogen and oxygen atoms in total. The Morgan fingerprint density at radius 3 is 0.989 bits per heavy atom. The minimum absolute atomic E-state index is 0.0993. The van der Waals surface area contributed by atoms with E-state index in [9.17, 15) is 43.2 Å². The van der Waals surface area contributed by atoms with Gasteiger partial charge in [0.15, 0.2) is 12.2 Å². The van der Waals surface area contributed by atoms with Crippen molar-refractivity contribution >= 4 is 39.5 Å². The van der Waals surface area contributed by atoms with Crippen molar-refractivity contribution in [2.75, 3.05) is 39.6 Å². The number of carbonyl (C=O) groups is 4. The summed E-state index contributed by atoms with van der Waals surface area (Å²) in [6.07, 6.45) is 48.1. The van der Waals surface area contributed by atoms with Gasteiger partial charge in [-0.15, -0.1) is 0 Å². The Morgan fingerprint density at radius 1 is 0.367 bits per heavy atom. The quantitative estimate of drug-likeness (QED) is 0.0169. The fourth-order valence-corrected chi connectivity index (χ4v) is 11.7. The van der Waals surface area contributed by atoms with Gasteiger partial charge in [0.05, 0.1) is 26.4 Å². The van der Waals surface area contributed by atoms with Gasteiger partial charge < -0.3 is 33.8 Å². The number of unbranched alkanes of at least 4 members (excludes halogenated alkanes) is 31. The van der Waals surface area contributed by atoms with E-state index in [4.69, 9.17) is 37.0 Å². The zero-order valence-electron chi connectivity index (χ0n) is 58.1. The average molecular weight is 1320 g/mol.